The van der Waals surface area contributed by atoms with Crippen molar-refractivity contribution in [2.45, 2.75) is 31.9 Å². The minimum absolute atomic E-state index is 0.0141. The fraction of sp³-hybridized carbons (Fsp3) is 0.208. The smallest absolute Gasteiger partial charge is 0.255 e. The summed E-state index contributed by atoms with van der Waals surface area (Å²) in [5, 5.41) is 2.82. The molecule has 156 valence electrons. The Bertz CT molecular complexity index is 1120. The Balaban J connectivity index is 1.68. The van der Waals surface area contributed by atoms with Crippen LogP contribution in [0.1, 0.15) is 42.3 Å². The molecule has 0 saturated heterocycles. The Kier molecular flexibility index (Phi) is 6.27. The van der Waals surface area contributed by atoms with Gasteiger partial charge in [0.15, 0.2) is 0 Å². The van der Waals surface area contributed by atoms with Crippen LogP contribution in [0, 0.1) is 0 Å². The van der Waals surface area contributed by atoms with Gasteiger partial charge in [0.2, 0.25) is 10.0 Å². The maximum atomic E-state index is 12.6. The van der Waals surface area contributed by atoms with Gasteiger partial charge in [0.1, 0.15) is 0 Å². The van der Waals surface area contributed by atoms with Crippen LogP contribution in [0.2, 0.25) is 0 Å². The van der Waals surface area contributed by atoms with Gasteiger partial charge >= 0.3 is 0 Å². The number of anilines is 2. The minimum Gasteiger partial charge on any atom is -0.322 e. The highest BCUT2D eigenvalue weighted by Gasteiger charge is 2.15. The van der Waals surface area contributed by atoms with E-state index in [-0.39, 0.29) is 17.1 Å². The van der Waals surface area contributed by atoms with Crippen molar-refractivity contribution in [1.29, 1.82) is 0 Å². The lowest BCUT2D eigenvalue weighted by atomic mass is 9.87. The highest BCUT2D eigenvalue weighted by molar-refractivity contribution is 7.91. The Morgan fingerprint density at radius 2 is 1.47 bits per heavy atom. The zero-order chi connectivity index (χ0) is 21.8. The Morgan fingerprint density at radius 1 is 0.833 bits per heavy atom. The summed E-state index contributed by atoms with van der Waals surface area (Å²) < 4.78 is 27.4. The molecule has 0 spiro atoms. The third-order valence-electron chi connectivity index (χ3n) is 4.61. The van der Waals surface area contributed by atoms with Crippen molar-refractivity contribution in [2.75, 3.05) is 10.0 Å². The second kappa shape index (κ2) is 8.71. The van der Waals surface area contributed by atoms with Gasteiger partial charge in [0.25, 0.3) is 5.91 Å². The standard InChI is InChI=1S/C24H26N2O3S/c1-24(2,3)20-14-12-19(13-15-20)23(27)25-21-10-7-11-22(16-21)26-30(28,29)17-18-8-5-4-6-9-18/h4-16,26H,17H2,1-3H3,(H,25,27). The van der Waals surface area contributed by atoms with Crippen molar-refractivity contribution in [3.05, 3.63) is 95.6 Å². The number of carbonyl (C=O) groups is 1. The summed E-state index contributed by atoms with van der Waals surface area (Å²) >= 11 is 0. The van der Waals surface area contributed by atoms with Crippen molar-refractivity contribution in [2.24, 2.45) is 0 Å². The average molecular weight is 423 g/mol. The molecule has 3 rings (SSSR count). The number of amides is 1. The fourth-order valence-corrected chi connectivity index (χ4v) is 4.18. The maximum absolute atomic E-state index is 12.6. The van der Waals surface area contributed by atoms with E-state index in [9.17, 15) is 13.2 Å². The molecule has 2 N–H and O–H groups in total. The zero-order valence-electron chi connectivity index (χ0n) is 17.3. The van der Waals surface area contributed by atoms with Gasteiger partial charge in [-0.2, -0.15) is 0 Å². The molecular formula is C24H26N2O3S. The van der Waals surface area contributed by atoms with Crippen LogP contribution in [-0.4, -0.2) is 14.3 Å². The first-order valence-electron chi connectivity index (χ1n) is 9.69. The van der Waals surface area contributed by atoms with Crippen LogP contribution >= 0.6 is 0 Å². The molecule has 0 aliphatic heterocycles. The minimum atomic E-state index is -3.57. The lowest BCUT2D eigenvalue weighted by molar-refractivity contribution is 0.102. The van der Waals surface area contributed by atoms with Gasteiger partial charge in [-0.15, -0.1) is 0 Å². The quantitative estimate of drug-likeness (QED) is 0.575. The fourth-order valence-electron chi connectivity index (χ4n) is 2.99. The largest absolute Gasteiger partial charge is 0.322 e. The molecule has 3 aromatic carbocycles. The monoisotopic (exact) mass is 422 g/mol. The predicted molar refractivity (Wildman–Crippen MR) is 122 cm³/mol. The summed E-state index contributed by atoms with van der Waals surface area (Å²) in [6.45, 7) is 6.35. The summed E-state index contributed by atoms with van der Waals surface area (Å²) in [5.74, 6) is -0.371. The molecule has 3 aromatic rings. The predicted octanol–water partition coefficient (Wildman–Crippen LogP) is 5.18. The van der Waals surface area contributed by atoms with E-state index in [1.54, 1.807) is 60.7 Å². The first-order chi connectivity index (χ1) is 14.1. The second-order valence-electron chi connectivity index (χ2n) is 8.21. The molecule has 0 atom stereocenters. The molecule has 0 heterocycles. The summed E-state index contributed by atoms with van der Waals surface area (Å²) in [6, 6.07) is 23.1. The summed E-state index contributed by atoms with van der Waals surface area (Å²) in [6.07, 6.45) is 0. The third kappa shape index (κ3) is 5.94. The SMILES string of the molecule is CC(C)(C)c1ccc(C(=O)Nc2cccc(NS(=O)(=O)Cc3ccccc3)c2)cc1. The Hall–Kier alpha value is -3.12. The van der Waals surface area contributed by atoms with Gasteiger partial charge in [-0.05, 0) is 46.9 Å². The van der Waals surface area contributed by atoms with E-state index in [0.717, 1.165) is 5.56 Å². The molecule has 30 heavy (non-hydrogen) atoms. The second-order valence-corrected chi connectivity index (χ2v) is 9.93. The lowest BCUT2D eigenvalue weighted by Gasteiger charge is -2.19. The van der Waals surface area contributed by atoms with E-state index in [1.807, 2.05) is 18.2 Å². The third-order valence-corrected chi connectivity index (χ3v) is 5.87. The molecule has 5 nitrogen and oxygen atoms in total. The summed E-state index contributed by atoms with van der Waals surface area (Å²) in [7, 11) is -3.57. The van der Waals surface area contributed by atoms with Gasteiger partial charge in [0.05, 0.1) is 11.4 Å². The van der Waals surface area contributed by atoms with E-state index in [1.165, 1.54) is 0 Å². The molecule has 0 aromatic heterocycles. The summed E-state index contributed by atoms with van der Waals surface area (Å²) in [5.41, 5.74) is 3.31. The van der Waals surface area contributed by atoms with Gasteiger partial charge in [0, 0.05) is 11.3 Å². The number of sulfonamides is 1. The Morgan fingerprint density at radius 3 is 2.10 bits per heavy atom. The molecule has 0 radical (unpaired) electrons. The normalized spacial score (nSPS) is 11.7. The first kappa shape index (κ1) is 21.6. The molecule has 0 bridgehead atoms. The zero-order valence-corrected chi connectivity index (χ0v) is 18.2. The number of rotatable bonds is 6. The van der Waals surface area contributed by atoms with E-state index in [0.29, 0.717) is 22.5 Å². The van der Waals surface area contributed by atoms with Crippen LogP contribution < -0.4 is 10.0 Å². The van der Waals surface area contributed by atoms with Crippen LogP contribution in [0.4, 0.5) is 11.4 Å². The van der Waals surface area contributed by atoms with Crippen molar-refractivity contribution < 1.29 is 13.2 Å². The van der Waals surface area contributed by atoms with Gasteiger partial charge < -0.3 is 5.32 Å². The Labute approximate surface area is 178 Å². The van der Waals surface area contributed by atoms with Crippen molar-refractivity contribution in [3.8, 4) is 0 Å². The van der Waals surface area contributed by atoms with Crippen LogP contribution in [0.5, 0.6) is 0 Å². The van der Waals surface area contributed by atoms with Gasteiger partial charge in [-0.3, -0.25) is 9.52 Å². The van der Waals surface area contributed by atoms with Crippen LogP contribution in [0.25, 0.3) is 0 Å². The molecule has 0 aliphatic rings. The van der Waals surface area contributed by atoms with E-state index in [4.69, 9.17) is 0 Å². The average Bonchev–Trinajstić information content (AvgIpc) is 2.67. The number of hydrogen-bond donors (Lipinski definition) is 2. The topological polar surface area (TPSA) is 75.3 Å². The van der Waals surface area contributed by atoms with Crippen molar-refractivity contribution in [3.63, 3.8) is 0 Å². The number of nitrogens with one attached hydrogen (secondary N) is 2. The highest BCUT2D eigenvalue weighted by atomic mass is 32.2. The van der Waals surface area contributed by atoms with Gasteiger partial charge in [-0.1, -0.05) is 69.3 Å². The summed E-state index contributed by atoms with van der Waals surface area (Å²) in [4.78, 5) is 12.6. The van der Waals surface area contributed by atoms with E-state index >= 15 is 0 Å². The number of carbonyl (C=O) groups excluding carboxylic acids is 1. The molecule has 0 fully saturated rings. The highest BCUT2D eigenvalue weighted by Crippen LogP contribution is 2.23. The molecular weight excluding hydrogens is 396 g/mol. The number of benzene rings is 3. The van der Waals surface area contributed by atoms with Crippen LogP contribution in [0.15, 0.2) is 78.9 Å². The van der Waals surface area contributed by atoms with Crippen LogP contribution in [-0.2, 0) is 21.2 Å². The molecule has 0 saturated carbocycles. The van der Waals surface area contributed by atoms with Gasteiger partial charge in [-0.25, -0.2) is 8.42 Å². The van der Waals surface area contributed by atoms with E-state index in [2.05, 4.69) is 30.8 Å². The lowest BCUT2D eigenvalue weighted by Crippen LogP contribution is -2.16. The molecule has 1 amide bonds. The molecule has 0 aliphatic carbocycles. The number of hydrogen-bond acceptors (Lipinski definition) is 3. The van der Waals surface area contributed by atoms with Crippen molar-refractivity contribution in [1.82, 2.24) is 0 Å². The van der Waals surface area contributed by atoms with Crippen molar-refractivity contribution >= 4 is 27.3 Å². The first-order valence-corrected chi connectivity index (χ1v) is 11.3. The molecule has 0 unspecified atom stereocenters. The molecule has 6 heteroatoms. The maximum Gasteiger partial charge on any atom is 0.255 e. The van der Waals surface area contributed by atoms with Crippen LogP contribution in [0.3, 0.4) is 0 Å². The van der Waals surface area contributed by atoms with E-state index < -0.39 is 10.0 Å².